The molecule has 0 bridgehead atoms. The van der Waals surface area contributed by atoms with E-state index in [-0.39, 0.29) is 22.9 Å². The molecule has 0 saturated carbocycles. The molecule has 5 rings (SSSR count). The van der Waals surface area contributed by atoms with Crippen molar-refractivity contribution in [3.8, 4) is 5.69 Å². The van der Waals surface area contributed by atoms with Gasteiger partial charge >= 0.3 is 0 Å². The van der Waals surface area contributed by atoms with Gasteiger partial charge in [-0.3, -0.25) is 9.36 Å². The molecule has 10 heteroatoms. The van der Waals surface area contributed by atoms with E-state index in [0.29, 0.717) is 32.8 Å². The van der Waals surface area contributed by atoms with Crippen molar-refractivity contribution in [3.05, 3.63) is 74.4 Å². The van der Waals surface area contributed by atoms with Crippen molar-refractivity contribution in [2.45, 2.75) is 20.4 Å². The summed E-state index contributed by atoms with van der Waals surface area (Å²) >= 11 is 7.67. The van der Waals surface area contributed by atoms with E-state index in [1.165, 1.54) is 28.3 Å². The summed E-state index contributed by atoms with van der Waals surface area (Å²) in [7, 11) is 0. The average molecular weight is 441 g/mol. The number of hydrogen-bond acceptors (Lipinski definition) is 6. The van der Waals surface area contributed by atoms with E-state index >= 15 is 0 Å². The maximum absolute atomic E-state index is 14.7. The largest absolute Gasteiger partial charge is 0.268 e. The fraction of sp³-hybridized carbons (Fsp3) is 0.150. The normalized spacial score (nSPS) is 11.6. The van der Waals surface area contributed by atoms with Crippen molar-refractivity contribution < 1.29 is 4.39 Å². The van der Waals surface area contributed by atoms with E-state index in [1.807, 2.05) is 19.2 Å². The fourth-order valence-corrected chi connectivity index (χ4v) is 4.75. The second kappa shape index (κ2) is 6.96. The SMILES string of the molecule is Cc1ncnc2c1c(Cl)nn2Cc1nc2scc(C)c2c(=O)n1-c1ccccc1F. The summed E-state index contributed by atoms with van der Waals surface area (Å²) in [6.45, 7) is 3.74. The van der Waals surface area contributed by atoms with Crippen LogP contribution in [0.25, 0.3) is 26.9 Å². The van der Waals surface area contributed by atoms with Gasteiger partial charge in [-0.05, 0) is 36.9 Å². The lowest BCUT2D eigenvalue weighted by Gasteiger charge is -2.14. The Morgan fingerprint density at radius 3 is 2.77 bits per heavy atom. The molecule has 0 aliphatic heterocycles. The van der Waals surface area contributed by atoms with E-state index in [2.05, 4.69) is 20.1 Å². The highest BCUT2D eigenvalue weighted by molar-refractivity contribution is 7.16. The predicted molar refractivity (Wildman–Crippen MR) is 114 cm³/mol. The molecule has 4 aromatic heterocycles. The van der Waals surface area contributed by atoms with Crippen molar-refractivity contribution >= 4 is 44.2 Å². The molecule has 30 heavy (non-hydrogen) atoms. The lowest BCUT2D eigenvalue weighted by atomic mass is 10.2. The van der Waals surface area contributed by atoms with Crippen LogP contribution in [0, 0.1) is 19.7 Å². The Balaban J connectivity index is 1.80. The van der Waals surface area contributed by atoms with Gasteiger partial charge in [0.2, 0.25) is 0 Å². The van der Waals surface area contributed by atoms with Crippen LogP contribution in [0.1, 0.15) is 17.1 Å². The third kappa shape index (κ3) is 2.81. The first kappa shape index (κ1) is 18.8. The number of benzene rings is 1. The first-order chi connectivity index (χ1) is 14.5. The van der Waals surface area contributed by atoms with Crippen molar-refractivity contribution in [2.24, 2.45) is 0 Å². The molecule has 0 atom stereocenters. The molecule has 4 heterocycles. The van der Waals surface area contributed by atoms with E-state index < -0.39 is 5.82 Å². The van der Waals surface area contributed by atoms with Gasteiger partial charge in [0, 0.05) is 0 Å². The molecular formula is C20H14ClFN6OS. The molecule has 0 saturated heterocycles. The fourth-order valence-electron chi connectivity index (χ4n) is 3.50. The smallest absolute Gasteiger partial charge is 0.267 e. The van der Waals surface area contributed by atoms with Crippen LogP contribution in [-0.4, -0.2) is 29.3 Å². The molecule has 0 fully saturated rings. The quantitative estimate of drug-likeness (QED) is 0.423. The average Bonchev–Trinajstić information content (AvgIpc) is 3.24. The third-order valence-corrected chi connectivity index (χ3v) is 6.18. The Bertz CT molecular complexity index is 1510. The van der Waals surface area contributed by atoms with Gasteiger partial charge in [0.05, 0.1) is 22.2 Å². The zero-order valence-electron chi connectivity index (χ0n) is 15.9. The van der Waals surface area contributed by atoms with Crippen LogP contribution in [0.3, 0.4) is 0 Å². The van der Waals surface area contributed by atoms with E-state index in [1.54, 1.807) is 22.9 Å². The maximum Gasteiger partial charge on any atom is 0.267 e. The Morgan fingerprint density at radius 1 is 1.17 bits per heavy atom. The number of fused-ring (bicyclic) bond motifs is 2. The van der Waals surface area contributed by atoms with E-state index in [0.717, 1.165) is 5.56 Å². The van der Waals surface area contributed by atoms with Crippen molar-refractivity contribution in [1.82, 2.24) is 29.3 Å². The molecular weight excluding hydrogens is 427 g/mol. The van der Waals surface area contributed by atoms with Gasteiger partial charge in [0.15, 0.2) is 10.8 Å². The molecule has 0 unspecified atom stereocenters. The molecule has 7 nitrogen and oxygen atoms in total. The van der Waals surface area contributed by atoms with E-state index in [9.17, 15) is 9.18 Å². The van der Waals surface area contributed by atoms with E-state index in [4.69, 9.17) is 11.6 Å². The summed E-state index contributed by atoms with van der Waals surface area (Å²) in [4.78, 5) is 27.1. The Hall–Kier alpha value is -3.17. The van der Waals surface area contributed by atoms with Crippen molar-refractivity contribution in [3.63, 3.8) is 0 Å². The molecule has 0 aliphatic carbocycles. The van der Waals surface area contributed by atoms with Crippen LogP contribution in [0.15, 0.2) is 40.8 Å². The number of nitrogens with zero attached hydrogens (tertiary/aromatic N) is 6. The Kier molecular flexibility index (Phi) is 4.37. The zero-order valence-corrected chi connectivity index (χ0v) is 17.5. The summed E-state index contributed by atoms with van der Waals surface area (Å²) in [5, 5.41) is 7.59. The lowest BCUT2D eigenvalue weighted by molar-refractivity contribution is 0.600. The highest BCUT2D eigenvalue weighted by Crippen LogP contribution is 2.26. The number of aryl methyl sites for hydroxylation is 2. The van der Waals surface area contributed by atoms with Crippen LogP contribution in [0.5, 0.6) is 0 Å². The Morgan fingerprint density at radius 2 is 1.97 bits per heavy atom. The predicted octanol–water partition coefficient (Wildman–Crippen LogP) is 4.04. The van der Waals surface area contributed by atoms with Gasteiger partial charge in [0.1, 0.15) is 29.3 Å². The second-order valence-corrected chi connectivity index (χ2v) is 8.04. The standard InChI is InChI=1S/C20H14ClFN6OS/c1-10-8-30-19-15(10)20(29)28(13-6-4-3-5-12(13)22)14(25-19)7-27-18-16(17(21)26-27)11(2)23-9-24-18/h3-6,8-9H,7H2,1-2H3. The molecule has 0 amide bonds. The first-order valence-corrected chi connectivity index (χ1v) is 10.3. The van der Waals surface area contributed by atoms with Gasteiger partial charge in [0.25, 0.3) is 5.56 Å². The van der Waals surface area contributed by atoms with Gasteiger partial charge in [-0.25, -0.2) is 24.0 Å². The number of para-hydroxylation sites is 1. The van der Waals surface area contributed by atoms with Crippen molar-refractivity contribution in [2.75, 3.05) is 0 Å². The van der Waals surface area contributed by atoms with Gasteiger partial charge in [-0.2, -0.15) is 5.10 Å². The van der Waals surface area contributed by atoms with Gasteiger partial charge in [-0.15, -0.1) is 11.3 Å². The zero-order chi connectivity index (χ0) is 21.0. The van der Waals surface area contributed by atoms with Crippen molar-refractivity contribution in [1.29, 1.82) is 0 Å². The summed E-state index contributed by atoms with van der Waals surface area (Å²) in [6, 6.07) is 6.12. The minimum absolute atomic E-state index is 0.0795. The van der Waals surface area contributed by atoms with Crippen LogP contribution < -0.4 is 5.56 Å². The van der Waals surface area contributed by atoms with Crippen LogP contribution in [-0.2, 0) is 6.54 Å². The first-order valence-electron chi connectivity index (χ1n) is 9.04. The summed E-state index contributed by atoms with van der Waals surface area (Å²) in [6.07, 6.45) is 1.43. The maximum atomic E-state index is 14.7. The van der Waals surface area contributed by atoms with Gasteiger partial charge in [-0.1, -0.05) is 23.7 Å². The monoisotopic (exact) mass is 440 g/mol. The lowest BCUT2D eigenvalue weighted by Crippen LogP contribution is -2.26. The number of rotatable bonds is 3. The second-order valence-electron chi connectivity index (χ2n) is 6.83. The number of halogens is 2. The van der Waals surface area contributed by atoms with Crippen LogP contribution in [0.2, 0.25) is 5.15 Å². The molecule has 1 aromatic carbocycles. The summed E-state index contributed by atoms with van der Waals surface area (Å²) in [5.41, 5.74) is 1.82. The molecule has 0 N–H and O–H groups in total. The summed E-state index contributed by atoms with van der Waals surface area (Å²) in [5.74, 6) is -0.187. The molecule has 0 aliphatic rings. The topological polar surface area (TPSA) is 78.5 Å². The minimum atomic E-state index is -0.517. The molecule has 5 aromatic rings. The highest BCUT2D eigenvalue weighted by atomic mass is 35.5. The third-order valence-electron chi connectivity index (χ3n) is 4.92. The van der Waals surface area contributed by atoms with Crippen LogP contribution in [0.4, 0.5) is 4.39 Å². The van der Waals surface area contributed by atoms with Crippen LogP contribution >= 0.6 is 22.9 Å². The molecule has 0 radical (unpaired) electrons. The summed E-state index contributed by atoms with van der Waals surface area (Å²) < 4.78 is 17.5. The van der Waals surface area contributed by atoms with Gasteiger partial charge < -0.3 is 0 Å². The highest BCUT2D eigenvalue weighted by Gasteiger charge is 2.20. The molecule has 0 spiro atoms. The number of aromatic nitrogens is 6. The minimum Gasteiger partial charge on any atom is -0.268 e. The number of hydrogen-bond donors (Lipinski definition) is 0. The number of thiophene rings is 1. The molecule has 150 valence electrons. The Labute approximate surface area is 178 Å².